The molecule has 1 rings (SSSR count). The fraction of sp³-hybridized carbons (Fsp3) is 0.500. The quantitative estimate of drug-likeness (QED) is 0.348. The molecule has 1 N–H and O–H groups in total. The van der Waals surface area contributed by atoms with Crippen LogP contribution in [0.15, 0.2) is 18.2 Å². The first-order chi connectivity index (χ1) is 13.6. The van der Waals surface area contributed by atoms with Crippen LogP contribution in [-0.2, 0) is 35.1 Å². The molecule has 1 aromatic carbocycles. The molecule has 1 aromatic rings. The van der Waals surface area contributed by atoms with E-state index in [1.165, 1.54) is 33.1 Å². The van der Waals surface area contributed by atoms with Gasteiger partial charge in [-0.1, -0.05) is 19.9 Å². The van der Waals surface area contributed by atoms with Crippen molar-refractivity contribution in [1.82, 2.24) is 5.32 Å². The third-order valence-electron chi connectivity index (χ3n) is 3.65. The Morgan fingerprint density at radius 1 is 0.966 bits per heavy atom. The highest BCUT2D eigenvalue weighted by atomic mass is 16.6. The fourth-order valence-electron chi connectivity index (χ4n) is 2.32. The van der Waals surface area contributed by atoms with Gasteiger partial charge in [-0.2, -0.15) is 0 Å². The predicted molar refractivity (Wildman–Crippen MR) is 102 cm³/mol. The van der Waals surface area contributed by atoms with E-state index in [-0.39, 0.29) is 43.0 Å². The zero-order chi connectivity index (χ0) is 22.0. The maximum Gasteiger partial charge on any atom is 0.323 e. The lowest BCUT2D eigenvalue weighted by Crippen LogP contribution is -2.41. The maximum atomic E-state index is 12.1. The van der Waals surface area contributed by atoms with Crippen LogP contribution in [0.4, 0.5) is 0 Å². The second kappa shape index (κ2) is 11.8. The van der Waals surface area contributed by atoms with E-state index in [0.717, 1.165) is 0 Å². The monoisotopic (exact) mass is 409 g/mol. The molecular weight excluding hydrogens is 382 g/mol. The Kier molecular flexibility index (Phi) is 9.81. The van der Waals surface area contributed by atoms with Gasteiger partial charge in [-0.05, 0) is 24.1 Å². The minimum Gasteiger partial charge on any atom is -0.468 e. The summed E-state index contributed by atoms with van der Waals surface area (Å²) in [5, 5.41) is 2.98. The van der Waals surface area contributed by atoms with Gasteiger partial charge in [-0.25, -0.2) is 0 Å². The van der Waals surface area contributed by atoms with E-state index >= 15 is 0 Å². The van der Waals surface area contributed by atoms with Gasteiger partial charge in [0.05, 0.1) is 13.0 Å². The van der Waals surface area contributed by atoms with Crippen molar-refractivity contribution in [1.29, 1.82) is 0 Å². The number of carbonyl (C=O) groups is 4. The summed E-state index contributed by atoms with van der Waals surface area (Å²) in [7, 11) is 1.27. The van der Waals surface area contributed by atoms with Gasteiger partial charge < -0.3 is 24.3 Å². The van der Waals surface area contributed by atoms with Gasteiger partial charge in [-0.3, -0.25) is 19.2 Å². The third-order valence-corrected chi connectivity index (χ3v) is 3.65. The zero-order valence-electron chi connectivity index (χ0n) is 17.3. The van der Waals surface area contributed by atoms with Gasteiger partial charge in [0.1, 0.15) is 12.6 Å². The molecule has 0 aliphatic rings. The van der Waals surface area contributed by atoms with Crippen molar-refractivity contribution < 1.29 is 38.1 Å². The van der Waals surface area contributed by atoms with Gasteiger partial charge in [0.15, 0.2) is 11.5 Å². The van der Waals surface area contributed by atoms with Crippen molar-refractivity contribution in [3.8, 4) is 11.5 Å². The second-order valence-electron chi connectivity index (χ2n) is 6.52. The molecule has 0 saturated heterocycles. The van der Waals surface area contributed by atoms with Crippen LogP contribution in [0, 0.1) is 5.92 Å². The standard InChI is InChI=1S/C20H27NO8/c1-12(2)19(24)27-9-8-21-16(20(25)26-5)10-15-6-7-17(28-13(3)22)18(11-15)29-14(4)23/h6-7,11-12,16,21H,8-10H2,1-5H3/t16-/m0/s1. The average Bonchev–Trinajstić information content (AvgIpc) is 2.64. The fourth-order valence-corrected chi connectivity index (χ4v) is 2.32. The first-order valence-electron chi connectivity index (χ1n) is 9.11. The van der Waals surface area contributed by atoms with Gasteiger partial charge >= 0.3 is 23.9 Å². The summed E-state index contributed by atoms with van der Waals surface area (Å²) in [6, 6.07) is 3.91. The Hall–Kier alpha value is -2.94. The number of carbonyl (C=O) groups excluding carboxylic acids is 4. The molecule has 0 aliphatic carbocycles. The molecule has 0 spiro atoms. The number of ether oxygens (including phenoxy) is 4. The SMILES string of the molecule is COC(=O)[C@H](Cc1ccc(OC(C)=O)c(OC(C)=O)c1)NCCOC(=O)C(C)C. The largest absolute Gasteiger partial charge is 0.468 e. The van der Waals surface area contributed by atoms with Crippen molar-refractivity contribution in [2.75, 3.05) is 20.3 Å². The molecule has 0 bridgehead atoms. The van der Waals surface area contributed by atoms with E-state index in [0.29, 0.717) is 5.56 Å². The minimum absolute atomic E-state index is 0.0691. The average molecular weight is 409 g/mol. The Balaban J connectivity index is 2.86. The van der Waals surface area contributed by atoms with Crippen molar-refractivity contribution in [2.45, 2.75) is 40.2 Å². The smallest absolute Gasteiger partial charge is 0.323 e. The van der Waals surface area contributed by atoms with Crippen molar-refractivity contribution >= 4 is 23.9 Å². The molecule has 0 heterocycles. The molecule has 0 amide bonds. The molecule has 0 saturated carbocycles. The van der Waals surface area contributed by atoms with Crippen molar-refractivity contribution in [3.63, 3.8) is 0 Å². The van der Waals surface area contributed by atoms with E-state index in [1.54, 1.807) is 19.9 Å². The number of nitrogens with one attached hydrogen (secondary N) is 1. The van der Waals surface area contributed by atoms with Crippen LogP contribution < -0.4 is 14.8 Å². The van der Waals surface area contributed by atoms with Gasteiger partial charge in [0.2, 0.25) is 0 Å². The van der Waals surface area contributed by atoms with Gasteiger partial charge in [0.25, 0.3) is 0 Å². The topological polar surface area (TPSA) is 117 Å². The lowest BCUT2D eigenvalue weighted by molar-refractivity contribution is -0.147. The van der Waals surface area contributed by atoms with E-state index in [9.17, 15) is 19.2 Å². The predicted octanol–water partition coefficient (Wildman–Crippen LogP) is 1.41. The molecule has 9 nitrogen and oxygen atoms in total. The highest BCUT2D eigenvalue weighted by molar-refractivity contribution is 5.76. The summed E-state index contributed by atoms with van der Waals surface area (Å²) in [6.45, 7) is 6.27. The van der Waals surface area contributed by atoms with Crippen LogP contribution in [0.25, 0.3) is 0 Å². The lowest BCUT2D eigenvalue weighted by Gasteiger charge is -2.18. The first-order valence-corrected chi connectivity index (χ1v) is 9.11. The van der Waals surface area contributed by atoms with Gasteiger partial charge in [0, 0.05) is 20.4 Å². The molecule has 0 fully saturated rings. The molecule has 160 valence electrons. The Labute approximate surface area is 169 Å². The third kappa shape index (κ3) is 8.73. The summed E-state index contributed by atoms with van der Waals surface area (Å²) in [6.07, 6.45) is 0.208. The second-order valence-corrected chi connectivity index (χ2v) is 6.52. The van der Waals surface area contributed by atoms with Crippen molar-refractivity contribution in [3.05, 3.63) is 23.8 Å². The molecule has 29 heavy (non-hydrogen) atoms. The van der Waals surface area contributed by atoms with E-state index in [2.05, 4.69) is 5.32 Å². The van der Waals surface area contributed by atoms with E-state index < -0.39 is 23.9 Å². The Morgan fingerprint density at radius 3 is 2.14 bits per heavy atom. The zero-order valence-corrected chi connectivity index (χ0v) is 17.3. The normalized spacial score (nSPS) is 11.5. The lowest BCUT2D eigenvalue weighted by atomic mass is 10.1. The molecule has 1 atom stereocenters. The first kappa shape index (κ1) is 24.1. The summed E-state index contributed by atoms with van der Waals surface area (Å²) in [5.74, 6) is -2.03. The van der Waals surface area contributed by atoms with Crippen LogP contribution in [0.1, 0.15) is 33.3 Å². The summed E-state index contributed by atoms with van der Waals surface area (Å²) in [4.78, 5) is 46.1. The molecule has 9 heteroatoms. The van der Waals surface area contributed by atoms with Crippen molar-refractivity contribution in [2.24, 2.45) is 5.92 Å². The number of rotatable bonds is 10. The minimum atomic E-state index is -0.720. The van der Waals surface area contributed by atoms with Crippen LogP contribution in [0.2, 0.25) is 0 Å². The van der Waals surface area contributed by atoms with Crippen LogP contribution in [0.3, 0.4) is 0 Å². The Morgan fingerprint density at radius 2 is 1.59 bits per heavy atom. The summed E-state index contributed by atoms with van der Waals surface area (Å²) >= 11 is 0. The molecule has 0 radical (unpaired) electrons. The number of hydrogen-bond donors (Lipinski definition) is 1. The summed E-state index contributed by atoms with van der Waals surface area (Å²) in [5.41, 5.74) is 0.638. The Bertz CT molecular complexity index is 744. The number of benzene rings is 1. The number of hydrogen-bond acceptors (Lipinski definition) is 9. The molecule has 0 unspecified atom stereocenters. The highest BCUT2D eigenvalue weighted by Gasteiger charge is 2.21. The maximum absolute atomic E-state index is 12.1. The molecule has 0 aliphatic heterocycles. The van der Waals surface area contributed by atoms with E-state index in [4.69, 9.17) is 18.9 Å². The van der Waals surface area contributed by atoms with Crippen LogP contribution >= 0.6 is 0 Å². The molecular formula is C20H27NO8. The number of esters is 4. The van der Waals surface area contributed by atoms with Crippen LogP contribution in [-0.4, -0.2) is 50.2 Å². The van der Waals surface area contributed by atoms with Gasteiger partial charge in [-0.15, -0.1) is 0 Å². The number of methoxy groups -OCH3 is 1. The highest BCUT2D eigenvalue weighted by Crippen LogP contribution is 2.29. The van der Waals surface area contributed by atoms with Crippen LogP contribution in [0.5, 0.6) is 11.5 Å². The van der Waals surface area contributed by atoms with E-state index in [1.807, 2.05) is 0 Å². The summed E-state index contributed by atoms with van der Waals surface area (Å²) < 4.78 is 20.0. The molecule has 0 aromatic heterocycles.